The van der Waals surface area contributed by atoms with Gasteiger partial charge in [0.25, 0.3) is 0 Å². The van der Waals surface area contributed by atoms with Gasteiger partial charge in [-0.2, -0.15) is 5.10 Å². The maximum Gasteiger partial charge on any atom is 0.331 e. The molecule has 25 heavy (non-hydrogen) atoms. The normalized spacial score (nSPS) is 13.9. The Bertz CT molecular complexity index is 852. The molecular weight excluding hydrogens is 318 g/mol. The fourth-order valence-electron chi connectivity index (χ4n) is 3.35. The summed E-state index contributed by atoms with van der Waals surface area (Å²) in [7, 11) is 3.55. The lowest BCUT2D eigenvalue weighted by molar-refractivity contribution is -0.132. The van der Waals surface area contributed by atoms with E-state index in [1.165, 1.54) is 5.56 Å². The van der Waals surface area contributed by atoms with Crippen LogP contribution in [-0.4, -0.2) is 34.5 Å². The van der Waals surface area contributed by atoms with Crippen molar-refractivity contribution in [2.24, 2.45) is 7.05 Å². The van der Waals surface area contributed by atoms with Gasteiger partial charge >= 0.3 is 5.97 Å². The summed E-state index contributed by atoms with van der Waals surface area (Å²) in [6.45, 7) is 4.59. The number of anilines is 2. The maximum absolute atomic E-state index is 11.4. The first-order chi connectivity index (χ1) is 12.0. The summed E-state index contributed by atoms with van der Waals surface area (Å²) < 4.78 is 7.19. The van der Waals surface area contributed by atoms with E-state index in [2.05, 4.69) is 16.1 Å². The summed E-state index contributed by atoms with van der Waals surface area (Å²) in [6, 6.07) is 6.08. The zero-order chi connectivity index (χ0) is 18.1. The zero-order valence-electron chi connectivity index (χ0n) is 15.0. The number of aromatic nitrogens is 2. The summed E-state index contributed by atoms with van der Waals surface area (Å²) in [6.07, 6.45) is 3.15. The number of benzene rings is 1. The molecule has 132 valence electrons. The van der Waals surface area contributed by atoms with Gasteiger partial charge in [0, 0.05) is 36.5 Å². The maximum atomic E-state index is 11.4. The number of carboxylic acid groups (broad SMARTS) is 1. The highest BCUT2D eigenvalue weighted by Gasteiger charge is 2.27. The molecule has 0 amide bonds. The molecule has 0 saturated carbocycles. The van der Waals surface area contributed by atoms with Crippen LogP contribution in [-0.2, 0) is 18.3 Å². The van der Waals surface area contributed by atoms with Crippen LogP contribution in [0.25, 0.3) is 6.08 Å². The molecule has 0 bridgehead atoms. The number of carboxylic acids is 1. The molecule has 2 heterocycles. The number of hydrogen-bond acceptors (Lipinski definition) is 4. The molecule has 0 atom stereocenters. The molecular formula is C19H23N3O3. The number of methoxy groups -OCH3 is 1. The van der Waals surface area contributed by atoms with E-state index >= 15 is 0 Å². The van der Waals surface area contributed by atoms with E-state index in [0.717, 1.165) is 41.5 Å². The minimum Gasteiger partial charge on any atom is -0.497 e. The van der Waals surface area contributed by atoms with Crippen LogP contribution < -0.4 is 9.64 Å². The topological polar surface area (TPSA) is 67.6 Å². The molecule has 1 aromatic heterocycles. The lowest BCUT2D eigenvalue weighted by Crippen LogP contribution is -2.18. The second-order valence-corrected chi connectivity index (χ2v) is 6.17. The van der Waals surface area contributed by atoms with Crippen molar-refractivity contribution >= 4 is 23.6 Å². The average Bonchev–Trinajstić information content (AvgIpc) is 3.11. The van der Waals surface area contributed by atoms with Crippen LogP contribution in [0, 0.1) is 6.92 Å². The third-order valence-electron chi connectivity index (χ3n) is 4.66. The molecule has 1 aliphatic heterocycles. The lowest BCUT2D eigenvalue weighted by Gasteiger charge is -2.21. The zero-order valence-corrected chi connectivity index (χ0v) is 15.0. The predicted molar refractivity (Wildman–Crippen MR) is 97.6 cm³/mol. The van der Waals surface area contributed by atoms with E-state index in [1.54, 1.807) is 13.2 Å². The Kier molecular flexibility index (Phi) is 4.53. The Balaban J connectivity index is 2.13. The van der Waals surface area contributed by atoms with Crippen molar-refractivity contribution in [1.82, 2.24) is 9.78 Å². The molecule has 0 fully saturated rings. The summed E-state index contributed by atoms with van der Waals surface area (Å²) in [5.74, 6) is 0.832. The lowest BCUT2D eigenvalue weighted by atomic mass is 10.1. The van der Waals surface area contributed by atoms with Gasteiger partial charge in [-0.15, -0.1) is 0 Å². The molecule has 2 aromatic rings. The van der Waals surface area contributed by atoms with Crippen molar-refractivity contribution in [2.45, 2.75) is 26.7 Å². The minimum absolute atomic E-state index is 0.377. The van der Waals surface area contributed by atoms with Gasteiger partial charge in [0.15, 0.2) is 0 Å². The molecule has 1 N–H and O–H groups in total. The average molecular weight is 341 g/mol. The fourth-order valence-corrected chi connectivity index (χ4v) is 3.35. The van der Waals surface area contributed by atoms with Gasteiger partial charge in [0.1, 0.15) is 11.6 Å². The molecule has 1 aromatic carbocycles. The highest BCUT2D eigenvalue weighted by atomic mass is 16.5. The van der Waals surface area contributed by atoms with Gasteiger partial charge in [-0.25, -0.2) is 4.79 Å². The van der Waals surface area contributed by atoms with Crippen LogP contribution in [0.5, 0.6) is 5.75 Å². The van der Waals surface area contributed by atoms with E-state index in [9.17, 15) is 9.90 Å². The summed E-state index contributed by atoms with van der Waals surface area (Å²) >= 11 is 0. The van der Waals surface area contributed by atoms with Gasteiger partial charge in [-0.1, -0.05) is 13.0 Å². The molecule has 6 nitrogen and oxygen atoms in total. The standard InChI is InChI=1S/C19H23N3O3/c1-5-13(19(23)24)10-16-12(2)20-21(3)18(16)22-9-8-14-6-7-15(25-4)11-17(14)22/h6-7,10-11H,5,8-9H2,1-4H3,(H,23,24). The molecule has 3 rings (SSSR count). The number of aliphatic carboxylic acids is 1. The number of nitrogens with zero attached hydrogens (tertiary/aromatic N) is 3. The highest BCUT2D eigenvalue weighted by Crippen LogP contribution is 2.39. The van der Waals surface area contributed by atoms with Gasteiger partial charge < -0.3 is 14.7 Å². The summed E-state index contributed by atoms with van der Waals surface area (Å²) in [4.78, 5) is 13.6. The van der Waals surface area contributed by atoms with Gasteiger partial charge in [0.2, 0.25) is 0 Å². The molecule has 0 saturated heterocycles. The van der Waals surface area contributed by atoms with Crippen molar-refractivity contribution in [1.29, 1.82) is 0 Å². The largest absolute Gasteiger partial charge is 0.497 e. The van der Waals surface area contributed by atoms with Crippen LogP contribution >= 0.6 is 0 Å². The van der Waals surface area contributed by atoms with E-state index in [1.807, 2.05) is 37.7 Å². The Morgan fingerprint density at radius 2 is 2.20 bits per heavy atom. The number of carbonyl (C=O) groups is 1. The molecule has 0 aliphatic carbocycles. The van der Waals surface area contributed by atoms with Crippen LogP contribution in [0.4, 0.5) is 11.5 Å². The number of fused-ring (bicyclic) bond motifs is 1. The minimum atomic E-state index is -0.889. The Morgan fingerprint density at radius 3 is 2.84 bits per heavy atom. The van der Waals surface area contributed by atoms with Crippen molar-refractivity contribution in [3.63, 3.8) is 0 Å². The van der Waals surface area contributed by atoms with Crippen molar-refractivity contribution in [3.8, 4) is 5.75 Å². The highest BCUT2D eigenvalue weighted by molar-refractivity contribution is 5.93. The number of aryl methyl sites for hydroxylation is 2. The van der Waals surface area contributed by atoms with Crippen LogP contribution in [0.15, 0.2) is 23.8 Å². The first-order valence-corrected chi connectivity index (χ1v) is 8.38. The van der Waals surface area contributed by atoms with E-state index in [4.69, 9.17) is 4.74 Å². The first-order valence-electron chi connectivity index (χ1n) is 8.38. The fraction of sp³-hybridized carbons (Fsp3) is 0.368. The van der Waals surface area contributed by atoms with Crippen LogP contribution in [0.2, 0.25) is 0 Å². The number of hydrogen-bond donors (Lipinski definition) is 1. The molecule has 6 heteroatoms. The summed E-state index contributed by atoms with van der Waals surface area (Å²) in [5, 5.41) is 13.9. The number of rotatable bonds is 5. The third kappa shape index (κ3) is 2.99. The monoisotopic (exact) mass is 341 g/mol. The smallest absolute Gasteiger partial charge is 0.331 e. The Hall–Kier alpha value is -2.76. The summed E-state index contributed by atoms with van der Waals surface area (Å²) in [5.41, 5.74) is 4.40. The van der Waals surface area contributed by atoms with Gasteiger partial charge in [0.05, 0.1) is 12.8 Å². The first kappa shape index (κ1) is 17.1. The second-order valence-electron chi connectivity index (χ2n) is 6.17. The molecule has 0 radical (unpaired) electrons. The SMILES string of the molecule is CCC(=Cc1c(C)nn(C)c1N1CCc2ccc(OC)cc21)C(=O)O. The predicted octanol–water partition coefficient (Wildman–Crippen LogP) is 3.31. The third-order valence-corrected chi connectivity index (χ3v) is 4.66. The van der Waals surface area contributed by atoms with Gasteiger partial charge in [-0.3, -0.25) is 4.68 Å². The van der Waals surface area contributed by atoms with Gasteiger partial charge in [-0.05, 0) is 37.5 Å². The number of ether oxygens (including phenoxy) is 1. The van der Waals surface area contributed by atoms with Crippen LogP contribution in [0.1, 0.15) is 30.2 Å². The Morgan fingerprint density at radius 1 is 1.44 bits per heavy atom. The Labute approximate surface area is 147 Å². The second kappa shape index (κ2) is 6.63. The van der Waals surface area contributed by atoms with E-state index in [0.29, 0.717) is 12.0 Å². The molecule has 1 aliphatic rings. The molecule has 0 unspecified atom stereocenters. The van der Waals surface area contributed by atoms with Crippen molar-refractivity contribution < 1.29 is 14.6 Å². The van der Waals surface area contributed by atoms with E-state index in [-0.39, 0.29) is 0 Å². The molecule has 0 spiro atoms. The van der Waals surface area contributed by atoms with E-state index < -0.39 is 5.97 Å². The quantitative estimate of drug-likeness (QED) is 0.845. The van der Waals surface area contributed by atoms with Crippen molar-refractivity contribution in [2.75, 3.05) is 18.6 Å². The van der Waals surface area contributed by atoms with Crippen LogP contribution in [0.3, 0.4) is 0 Å². The van der Waals surface area contributed by atoms with Crippen molar-refractivity contribution in [3.05, 3.63) is 40.6 Å².